The molecule has 0 fully saturated rings. The molecule has 90 valence electrons. The van der Waals surface area contributed by atoms with Crippen molar-refractivity contribution in [1.29, 1.82) is 0 Å². The van der Waals surface area contributed by atoms with Gasteiger partial charge in [-0.15, -0.1) is 0 Å². The van der Waals surface area contributed by atoms with Gasteiger partial charge >= 0.3 is 0 Å². The first-order valence-electron chi connectivity index (χ1n) is 4.80. The van der Waals surface area contributed by atoms with E-state index < -0.39 is 0 Å². The van der Waals surface area contributed by atoms with Crippen LogP contribution in [0.3, 0.4) is 0 Å². The van der Waals surface area contributed by atoms with Crippen LogP contribution in [0.15, 0.2) is 16.7 Å². The average molecular weight is 274 g/mol. The van der Waals surface area contributed by atoms with Gasteiger partial charge in [0.15, 0.2) is 5.82 Å². The molecule has 0 amide bonds. The van der Waals surface area contributed by atoms with Gasteiger partial charge in [-0.3, -0.25) is 0 Å². The van der Waals surface area contributed by atoms with Gasteiger partial charge in [0.2, 0.25) is 0 Å². The summed E-state index contributed by atoms with van der Waals surface area (Å²) in [4.78, 5) is 4.08. The van der Waals surface area contributed by atoms with Crippen LogP contribution in [0.5, 0.6) is 0 Å². The molecule has 0 spiro atoms. The Balaban J connectivity index is 2.44. The number of aliphatic hydroxyl groups excluding tert-OH is 1. The molecular weight excluding hydrogens is 265 g/mol. The lowest BCUT2D eigenvalue weighted by atomic mass is 10.2. The molecule has 0 aliphatic heterocycles. The number of nitrogen functional groups attached to an aromatic ring is 1. The maximum Gasteiger partial charge on any atom is 0.260 e. The summed E-state index contributed by atoms with van der Waals surface area (Å²) in [5.74, 6) is 0.633. The number of benzene rings is 1. The van der Waals surface area contributed by atoms with Crippen molar-refractivity contribution >= 4 is 28.9 Å². The second-order valence-corrected chi connectivity index (χ2v) is 4.18. The van der Waals surface area contributed by atoms with E-state index in [-0.39, 0.29) is 12.5 Å². The third-order valence-corrected chi connectivity index (χ3v) is 2.66. The highest BCUT2D eigenvalue weighted by molar-refractivity contribution is 6.37. The Morgan fingerprint density at radius 2 is 2.12 bits per heavy atom. The van der Waals surface area contributed by atoms with Crippen LogP contribution >= 0.6 is 23.2 Å². The van der Waals surface area contributed by atoms with Crippen molar-refractivity contribution in [2.75, 3.05) is 12.3 Å². The summed E-state index contributed by atoms with van der Waals surface area (Å²) in [6.07, 6.45) is 0.317. The van der Waals surface area contributed by atoms with E-state index in [0.717, 1.165) is 0 Å². The molecule has 0 radical (unpaired) electrons. The lowest BCUT2D eigenvalue weighted by Crippen LogP contribution is -1.94. The second-order valence-electron chi connectivity index (χ2n) is 3.34. The van der Waals surface area contributed by atoms with Crippen LogP contribution in [0.4, 0.5) is 5.69 Å². The maximum atomic E-state index is 8.75. The van der Waals surface area contributed by atoms with Crippen LogP contribution in [0.2, 0.25) is 10.0 Å². The Kier molecular flexibility index (Phi) is 3.51. The predicted molar refractivity (Wildman–Crippen MR) is 65.0 cm³/mol. The number of hydrogen-bond acceptors (Lipinski definition) is 5. The van der Waals surface area contributed by atoms with E-state index in [2.05, 4.69) is 10.1 Å². The van der Waals surface area contributed by atoms with Crippen LogP contribution in [-0.4, -0.2) is 21.9 Å². The molecule has 1 heterocycles. The van der Waals surface area contributed by atoms with Crippen LogP contribution in [0, 0.1) is 0 Å². The van der Waals surface area contributed by atoms with Crippen molar-refractivity contribution in [2.24, 2.45) is 0 Å². The molecule has 7 heteroatoms. The highest BCUT2D eigenvalue weighted by Crippen LogP contribution is 2.33. The molecule has 0 bridgehead atoms. The zero-order valence-electron chi connectivity index (χ0n) is 8.65. The highest BCUT2D eigenvalue weighted by atomic mass is 35.5. The lowest BCUT2D eigenvalue weighted by Gasteiger charge is -2.03. The van der Waals surface area contributed by atoms with Crippen molar-refractivity contribution in [2.45, 2.75) is 6.42 Å². The molecule has 1 aromatic heterocycles. The van der Waals surface area contributed by atoms with E-state index in [9.17, 15) is 0 Å². The number of rotatable bonds is 3. The topological polar surface area (TPSA) is 85.2 Å². The number of aliphatic hydroxyl groups is 1. The first-order valence-corrected chi connectivity index (χ1v) is 5.55. The van der Waals surface area contributed by atoms with E-state index in [0.29, 0.717) is 33.5 Å². The van der Waals surface area contributed by atoms with E-state index in [1.54, 1.807) is 6.07 Å². The van der Waals surface area contributed by atoms with E-state index >= 15 is 0 Å². The molecule has 3 N–H and O–H groups in total. The van der Waals surface area contributed by atoms with Crippen molar-refractivity contribution in [3.05, 3.63) is 28.0 Å². The summed E-state index contributed by atoms with van der Waals surface area (Å²) < 4.78 is 5.02. The summed E-state index contributed by atoms with van der Waals surface area (Å²) >= 11 is 11.8. The molecule has 0 saturated carbocycles. The largest absolute Gasteiger partial charge is 0.397 e. The molecule has 2 aromatic rings. The molecule has 5 nitrogen and oxygen atoms in total. The third-order valence-electron chi connectivity index (χ3n) is 2.13. The standard InChI is InChI=1S/C10H9Cl2N3O2/c11-5-3-6(9(13)7(12)4-5)10-14-8(1-2-16)15-17-10/h3-4,16H,1-2,13H2. The van der Waals surface area contributed by atoms with Crippen molar-refractivity contribution in [3.63, 3.8) is 0 Å². The molecule has 0 atom stereocenters. The number of aromatic nitrogens is 2. The Labute approximate surface area is 107 Å². The monoisotopic (exact) mass is 273 g/mol. The number of hydrogen-bond donors (Lipinski definition) is 2. The Morgan fingerprint density at radius 3 is 2.82 bits per heavy atom. The van der Waals surface area contributed by atoms with Crippen LogP contribution in [-0.2, 0) is 6.42 Å². The molecule has 0 aliphatic carbocycles. The van der Waals surface area contributed by atoms with Gasteiger partial charge in [-0.25, -0.2) is 0 Å². The fourth-order valence-electron chi connectivity index (χ4n) is 1.33. The zero-order chi connectivity index (χ0) is 12.4. The first kappa shape index (κ1) is 12.2. The number of nitrogens with two attached hydrogens (primary N) is 1. The molecule has 17 heavy (non-hydrogen) atoms. The molecule has 0 saturated heterocycles. The van der Waals surface area contributed by atoms with Crippen molar-refractivity contribution in [1.82, 2.24) is 10.1 Å². The SMILES string of the molecule is Nc1c(Cl)cc(Cl)cc1-c1nc(CCO)no1. The number of anilines is 1. The number of nitrogens with zero attached hydrogens (tertiary/aromatic N) is 2. The normalized spacial score (nSPS) is 10.8. The summed E-state index contributed by atoms with van der Waals surface area (Å²) in [5.41, 5.74) is 6.61. The van der Waals surface area contributed by atoms with Crippen molar-refractivity contribution < 1.29 is 9.63 Å². The Hall–Kier alpha value is -1.30. The van der Waals surface area contributed by atoms with Crippen molar-refractivity contribution in [3.8, 4) is 11.5 Å². The van der Waals surface area contributed by atoms with Gasteiger partial charge in [-0.2, -0.15) is 4.98 Å². The summed E-state index contributed by atoms with van der Waals surface area (Å²) in [5, 5.41) is 13.2. The summed E-state index contributed by atoms with van der Waals surface area (Å²) in [6, 6.07) is 3.13. The maximum absolute atomic E-state index is 8.75. The van der Waals surface area contributed by atoms with Gasteiger partial charge in [-0.05, 0) is 12.1 Å². The van der Waals surface area contributed by atoms with Gasteiger partial charge in [0, 0.05) is 11.4 Å². The molecule has 1 aromatic carbocycles. The smallest absolute Gasteiger partial charge is 0.260 e. The van der Waals surface area contributed by atoms with E-state index in [1.165, 1.54) is 6.07 Å². The minimum Gasteiger partial charge on any atom is -0.397 e. The summed E-state index contributed by atoms with van der Waals surface area (Å²) in [6.45, 7) is -0.0508. The number of halogens is 2. The van der Waals surface area contributed by atoms with E-state index in [4.69, 9.17) is 38.6 Å². The van der Waals surface area contributed by atoms with Crippen LogP contribution in [0.1, 0.15) is 5.82 Å². The van der Waals surface area contributed by atoms with Gasteiger partial charge < -0.3 is 15.4 Å². The summed E-state index contributed by atoms with van der Waals surface area (Å²) in [7, 11) is 0. The quantitative estimate of drug-likeness (QED) is 0.838. The minimum absolute atomic E-state index is 0.0508. The third kappa shape index (κ3) is 2.52. The van der Waals surface area contributed by atoms with Gasteiger partial charge in [0.05, 0.1) is 22.9 Å². The fraction of sp³-hybridized carbons (Fsp3) is 0.200. The second kappa shape index (κ2) is 4.91. The first-order chi connectivity index (χ1) is 8.11. The van der Waals surface area contributed by atoms with E-state index in [1.807, 2.05) is 0 Å². The van der Waals surface area contributed by atoms with Gasteiger partial charge in [0.25, 0.3) is 5.89 Å². The Morgan fingerprint density at radius 1 is 1.35 bits per heavy atom. The van der Waals surface area contributed by atoms with Crippen LogP contribution < -0.4 is 5.73 Å². The average Bonchev–Trinajstić information content (AvgIpc) is 2.72. The van der Waals surface area contributed by atoms with Gasteiger partial charge in [0.1, 0.15) is 0 Å². The lowest BCUT2D eigenvalue weighted by molar-refractivity contribution is 0.293. The zero-order valence-corrected chi connectivity index (χ0v) is 10.2. The molecule has 0 aliphatic rings. The van der Waals surface area contributed by atoms with Crippen LogP contribution in [0.25, 0.3) is 11.5 Å². The predicted octanol–water partition coefficient (Wildman–Crippen LogP) is 2.16. The molecule has 2 rings (SSSR count). The highest BCUT2D eigenvalue weighted by Gasteiger charge is 2.14. The Bertz CT molecular complexity index is 542. The minimum atomic E-state index is -0.0508. The van der Waals surface area contributed by atoms with Gasteiger partial charge in [-0.1, -0.05) is 28.4 Å². The fourth-order valence-corrected chi connectivity index (χ4v) is 1.82. The molecular formula is C10H9Cl2N3O2. The molecule has 0 unspecified atom stereocenters.